The lowest BCUT2D eigenvalue weighted by molar-refractivity contribution is 0.0690. The predicted molar refractivity (Wildman–Crippen MR) is 77.3 cm³/mol. The van der Waals surface area contributed by atoms with Crippen LogP contribution in [0.15, 0.2) is 24.4 Å². The molecule has 1 amide bonds. The lowest BCUT2D eigenvalue weighted by Gasteiger charge is -2.13. The monoisotopic (exact) mass is 287 g/mol. The molecule has 1 atom stereocenters. The molecule has 0 radical (unpaired) electrons. The number of carbonyl (C=O) groups excluding carboxylic acids is 1. The fourth-order valence-corrected chi connectivity index (χ4v) is 2.28. The number of pyridine rings is 1. The Labute approximate surface area is 122 Å². The number of H-pyrrole nitrogens is 1. The Balaban J connectivity index is 2.23. The van der Waals surface area contributed by atoms with Gasteiger partial charge in [-0.2, -0.15) is 0 Å². The Morgan fingerprint density at radius 3 is 2.57 bits per heavy atom. The van der Waals surface area contributed by atoms with Crippen LogP contribution in [0, 0.1) is 13.8 Å². The van der Waals surface area contributed by atoms with Gasteiger partial charge in [0.1, 0.15) is 5.69 Å². The Morgan fingerprint density at radius 2 is 2.05 bits per heavy atom. The quantitative estimate of drug-likeness (QED) is 0.803. The molecule has 0 spiro atoms. The standard InChI is InChI=1S/C15H17N3O3/c1-8-12(10(3)17-13(8)15(20)21)14(19)18-9(2)11-6-4-5-7-16-11/h4-7,9,17H,1-3H3,(H,18,19)(H,20,21). The van der Waals surface area contributed by atoms with Crippen LogP contribution in [-0.4, -0.2) is 27.0 Å². The van der Waals surface area contributed by atoms with E-state index < -0.39 is 5.97 Å². The fraction of sp³-hybridized carbons (Fsp3) is 0.267. The van der Waals surface area contributed by atoms with E-state index in [1.807, 2.05) is 19.1 Å². The average Bonchev–Trinajstić information content (AvgIpc) is 2.75. The molecule has 0 aliphatic carbocycles. The number of hydrogen-bond donors (Lipinski definition) is 3. The number of rotatable bonds is 4. The molecule has 6 nitrogen and oxygen atoms in total. The second kappa shape index (κ2) is 5.78. The molecule has 110 valence electrons. The number of nitrogens with one attached hydrogen (secondary N) is 2. The molecule has 2 aromatic heterocycles. The minimum Gasteiger partial charge on any atom is -0.477 e. The van der Waals surface area contributed by atoms with Crippen molar-refractivity contribution in [3.05, 3.63) is 52.6 Å². The third-order valence-corrected chi connectivity index (χ3v) is 3.36. The molecule has 3 N–H and O–H groups in total. The number of aromatic carboxylic acids is 1. The van der Waals surface area contributed by atoms with Crippen molar-refractivity contribution in [1.82, 2.24) is 15.3 Å². The van der Waals surface area contributed by atoms with Crippen molar-refractivity contribution in [1.29, 1.82) is 0 Å². The molecular weight excluding hydrogens is 270 g/mol. The summed E-state index contributed by atoms with van der Waals surface area (Å²) in [5.41, 5.74) is 2.13. The first-order valence-corrected chi connectivity index (χ1v) is 6.56. The van der Waals surface area contributed by atoms with Crippen LogP contribution in [0.4, 0.5) is 0 Å². The molecule has 21 heavy (non-hydrogen) atoms. The molecule has 2 heterocycles. The van der Waals surface area contributed by atoms with Gasteiger partial charge in [-0.25, -0.2) is 4.79 Å². The van der Waals surface area contributed by atoms with Gasteiger partial charge in [0.25, 0.3) is 5.91 Å². The summed E-state index contributed by atoms with van der Waals surface area (Å²) < 4.78 is 0. The highest BCUT2D eigenvalue weighted by molar-refractivity contribution is 6.00. The van der Waals surface area contributed by atoms with Gasteiger partial charge in [-0.15, -0.1) is 0 Å². The number of carboxylic acid groups (broad SMARTS) is 1. The van der Waals surface area contributed by atoms with Gasteiger partial charge >= 0.3 is 5.97 Å². The van der Waals surface area contributed by atoms with E-state index in [-0.39, 0.29) is 17.6 Å². The molecule has 6 heteroatoms. The summed E-state index contributed by atoms with van der Waals surface area (Å²) in [5, 5.41) is 11.9. The van der Waals surface area contributed by atoms with E-state index >= 15 is 0 Å². The van der Waals surface area contributed by atoms with Crippen LogP contribution < -0.4 is 5.32 Å². The van der Waals surface area contributed by atoms with Crippen LogP contribution in [0.5, 0.6) is 0 Å². The van der Waals surface area contributed by atoms with Crippen molar-refractivity contribution < 1.29 is 14.7 Å². The van der Waals surface area contributed by atoms with Crippen LogP contribution in [0.3, 0.4) is 0 Å². The third-order valence-electron chi connectivity index (χ3n) is 3.36. The van der Waals surface area contributed by atoms with Crippen molar-refractivity contribution in [2.24, 2.45) is 0 Å². The maximum Gasteiger partial charge on any atom is 0.352 e. The predicted octanol–water partition coefficient (Wildman–Crippen LogP) is 2.22. The minimum absolute atomic E-state index is 0.0446. The number of carboxylic acids is 1. The van der Waals surface area contributed by atoms with Crippen molar-refractivity contribution in [2.75, 3.05) is 0 Å². The highest BCUT2D eigenvalue weighted by Crippen LogP contribution is 2.19. The molecule has 0 bridgehead atoms. The van der Waals surface area contributed by atoms with Crippen molar-refractivity contribution in [3.8, 4) is 0 Å². The summed E-state index contributed by atoms with van der Waals surface area (Å²) in [6.07, 6.45) is 1.66. The largest absolute Gasteiger partial charge is 0.477 e. The molecule has 0 saturated heterocycles. The lowest BCUT2D eigenvalue weighted by Crippen LogP contribution is -2.28. The van der Waals surface area contributed by atoms with E-state index in [9.17, 15) is 9.59 Å². The average molecular weight is 287 g/mol. The lowest BCUT2D eigenvalue weighted by atomic mass is 10.1. The van der Waals surface area contributed by atoms with E-state index in [1.165, 1.54) is 0 Å². The van der Waals surface area contributed by atoms with Gasteiger partial charge in [0.15, 0.2) is 0 Å². The minimum atomic E-state index is -1.08. The molecule has 0 aliphatic heterocycles. The van der Waals surface area contributed by atoms with Crippen molar-refractivity contribution >= 4 is 11.9 Å². The van der Waals surface area contributed by atoms with Gasteiger partial charge in [-0.1, -0.05) is 6.07 Å². The molecule has 0 fully saturated rings. The molecular formula is C15H17N3O3. The number of carbonyl (C=O) groups is 2. The summed E-state index contributed by atoms with van der Waals surface area (Å²) in [5.74, 6) is -1.39. The zero-order valence-corrected chi connectivity index (χ0v) is 12.1. The molecule has 0 aliphatic rings. The first kappa shape index (κ1) is 14.8. The van der Waals surface area contributed by atoms with E-state index in [1.54, 1.807) is 26.1 Å². The van der Waals surface area contributed by atoms with Gasteiger partial charge in [0.2, 0.25) is 0 Å². The summed E-state index contributed by atoms with van der Waals surface area (Å²) in [7, 11) is 0. The normalized spacial score (nSPS) is 12.0. The van der Waals surface area contributed by atoms with Gasteiger partial charge < -0.3 is 15.4 Å². The number of aromatic amines is 1. The second-order valence-electron chi connectivity index (χ2n) is 4.88. The zero-order chi connectivity index (χ0) is 15.6. The van der Waals surface area contributed by atoms with E-state index in [4.69, 9.17) is 5.11 Å². The van der Waals surface area contributed by atoms with Crippen LogP contribution in [0.2, 0.25) is 0 Å². The number of nitrogens with zero attached hydrogens (tertiary/aromatic N) is 1. The second-order valence-corrected chi connectivity index (χ2v) is 4.88. The Morgan fingerprint density at radius 1 is 1.33 bits per heavy atom. The number of hydrogen-bond acceptors (Lipinski definition) is 3. The SMILES string of the molecule is Cc1[nH]c(C(=O)O)c(C)c1C(=O)NC(C)c1ccccn1. The molecule has 1 unspecified atom stereocenters. The smallest absolute Gasteiger partial charge is 0.352 e. The van der Waals surface area contributed by atoms with Gasteiger partial charge in [-0.05, 0) is 38.5 Å². The maximum absolute atomic E-state index is 12.4. The third kappa shape index (κ3) is 2.94. The Hall–Kier alpha value is -2.63. The van der Waals surface area contributed by atoms with E-state index in [0.29, 0.717) is 16.8 Å². The Bertz CT molecular complexity index is 677. The molecule has 2 rings (SSSR count). The van der Waals surface area contributed by atoms with Crippen molar-refractivity contribution in [2.45, 2.75) is 26.8 Å². The topological polar surface area (TPSA) is 95.1 Å². The van der Waals surface area contributed by atoms with E-state index in [2.05, 4.69) is 15.3 Å². The maximum atomic E-state index is 12.4. The van der Waals surface area contributed by atoms with Gasteiger partial charge in [0.05, 0.1) is 17.3 Å². The molecule has 2 aromatic rings. The fourth-order valence-electron chi connectivity index (χ4n) is 2.28. The first-order chi connectivity index (χ1) is 9.91. The summed E-state index contributed by atoms with van der Waals surface area (Å²) in [6.45, 7) is 5.13. The molecule has 0 aromatic carbocycles. The highest BCUT2D eigenvalue weighted by atomic mass is 16.4. The van der Waals surface area contributed by atoms with Crippen LogP contribution in [0.25, 0.3) is 0 Å². The van der Waals surface area contributed by atoms with Gasteiger partial charge in [0, 0.05) is 11.9 Å². The number of aromatic nitrogens is 2. The van der Waals surface area contributed by atoms with Gasteiger partial charge in [-0.3, -0.25) is 9.78 Å². The van der Waals surface area contributed by atoms with E-state index in [0.717, 1.165) is 5.69 Å². The number of amides is 1. The zero-order valence-electron chi connectivity index (χ0n) is 12.1. The molecule has 0 saturated carbocycles. The summed E-state index contributed by atoms with van der Waals surface area (Å²) in [4.78, 5) is 30.4. The van der Waals surface area contributed by atoms with Crippen LogP contribution in [0.1, 0.15) is 50.8 Å². The Kier molecular flexibility index (Phi) is 4.07. The van der Waals surface area contributed by atoms with Crippen LogP contribution >= 0.6 is 0 Å². The highest BCUT2D eigenvalue weighted by Gasteiger charge is 2.22. The summed E-state index contributed by atoms with van der Waals surface area (Å²) >= 11 is 0. The van der Waals surface area contributed by atoms with Crippen molar-refractivity contribution in [3.63, 3.8) is 0 Å². The first-order valence-electron chi connectivity index (χ1n) is 6.56. The van der Waals surface area contributed by atoms with Crippen LogP contribution in [-0.2, 0) is 0 Å². The summed E-state index contributed by atoms with van der Waals surface area (Å²) in [6, 6.07) is 5.21. The number of aryl methyl sites for hydroxylation is 1.